The summed E-state index contributed by atoms with van der Waals surface area (Å²) in [5.41, 5.74) is 4.63. The Morgan fingerprint density at radius 2 is 1.79 bits per heavy atom. The van der Waals surface area contributed by atoms with Crippen LogP contribution in [0.15, 0.2) is 76.4 Å². The summed E-state index contributed by atoms with van der Waals surface area (Å²) < 4.78 is 26.8. The first-order valence-corrected chi connectivity index (χ1v) is 14.7. The van der Waals surface area contributed by atoms with Crippen molar-refractivity contribution >= 4 is 35.4 Å². The number of rotatable bonds is 10. The molecule has 0 atom stereocenters. The van der Waals surface area contributed by atoms with Gasteiger partial charge in [-0.2, -0.15) is 13.5 Å². The molecular formula is C28H39N5O3S2. The Morgan fingerprint density at radius 1 is 1.11 bits per heavy atom. The maximum Gasteiger partial charge on any atom is 0.293 e. The Hall–Kier alpha value is -2.66. The van der Waals surface area contributed by atoms with Gasteiger partial charge in [0.25, 0.3) is 5.56 Å². The number of nitrogens with zero attached hydrogens (tertiary/aromatic N) is 3. The third kappa shape index (κ3) is 9.27. The molecule has 1 aromatic carbocycles. The Kier molecular flexibility index (Phi) is 11.0. The molecule has 1 aliphatic heterocycles. The minimum atomic E-state index is -3.20. The van der Waals surface area contributed by atoms with Crippen LogP contribution in [-0.2, 0) is 16.6 Å². The van der Waals surface area contributed by atoms with E-state index in [2.05, 4.69) is 57.2 Å². The lowest BCUT2D eigenvalue weighted by atomic mass is 9.98. The van der Waals surface area contributed by atoms with Gasteiger partial charge in [0, 0.05) is 51.2 Å². The molecule has 0 radical (unpaired) electrons. The highest BCUT2D eigenvalue weighted by Gasteiger charge is 2.21. The maximum atomic E-state index is 13.1. The molecule has 4 rings (SSSR count). The van der Waals surface area contributed by atoms with Crippen LogP contribution in [-0.4, -0.2) is 61.3 Å². The van der Waals surface area contributed by atoms with Gasteiger partial charge in [-0.3, -0.25) is 9.69 Å². The van der Waals surface area contributed by atoms with Crippen LogP contribution < -0.4 is 15.6 Å². The number of likely N-dealkylation sites (tertiary alicyclic amines) is 1. The van der Waals surface area contributed by atoms with Gasteiger partial charge in [0.05, 0.1) is 6.26 Å². The van der Waals surface area contributed by atoms with E-state index in [9.17, 15) is 13.2 Å². The van der Waals surface area contributed by atoms with E-state index in [1.807, 2.05) is 18.2 Å². The molecule has 1 aromatic heterocycles. The molecule has 38 heavy (non-hydrogen) atoms. The van der Waals surface area contributed by atoms with E-state index in [1.165, 1.54) is 11.1 Å². The smallest absolute Gasteiger partial charge is 0.293 e. The summed E-state index contributed by atoms with van der Waals surface area (Å²) in [5.74, 6) is 0.408. The Bertz CT molecular complexity index is 1330. The maximum absolute atomic E-state index is 13.1. The lowest BCUT2D eigenvalue weighted by Crippen LogP contribution is -2.41. The minimum absolute atomic E-state index is 0. The Labute approximate surface area is 233 Å². The highest BCUT2D eigenvalue weighted by molar-refractivity contribution is 7.88. The molecule has 2 aliphatic rings. The van der Waals surface area contributed by atoms with E-state index in [4.69, 9.17) is 0 Å². The number of sulfonamides is 1. The monoisotopic (exact) mass is 557 g/mol. The first kappa shape index (κ1) is 29.9. The van der Waals surface area contributed by atoms with Crippen LogP contribution in [0.25, 0.3) is 6.08 Å². The predicted octanol–water partition coefficient (Wildman–Crippen LogP) is 3.53. The second-order valence-electron chi connectivity index (χ2n) is 10.0. The number of benzene rings is 1. The number of hydrogen-bond donors (Lipinski definition) is 2. The molecule has 8 nitrogen and oxygen atoms in total. The summed E-state index contributed by atoms with van der Waals surface area (Å²) in [5, 5.41) is 3.40. The van der Waals surface area contributed by atoms with E-state index in [0.717, 1.165) is 62.7 Å². The van der Waals surface area contributed by atoms with Crippen LogP contribution in [0.3, 0.4) is 0 Å². The highest BCUT2D eigenvalue weighted by Crippen LogP contribution is 2.20. The van der Waals surface area contributed by atoms with E-state index < -0.39 is 10.0 Å². The molecule has 10 heteroatoms. The van der Waals surface area contributed by atoms with Crippen LogP contribution >= 0.6 is 13.5 Å². The van der Waals surface area contributed by atoms with Gasteiger partial charge in [-0.15, -0.1) is 0 Å². The van der Waals surface area contributed by atoms with Crippen molar-refractivity contribution in [1.29, 1.82) is 0 Å². The van der Waals surface area contributed by atoms with Crippen molar-refractivity contribution in [3.05, 3.63) is 87.5 Å². The topological polar surface area (TPSA) is 96.3 Å². The SMILES string of the molecule is C/C(=C\c1ccccc1)CN1CCC(Nc2nccn(CC3=CC=C(CNS(C)(=O)=O)CC3)c2=O)CC1.S. The molecule has 2 heterocycles. The third-order valence-corrected chi connectivity index (χ3v) is 7.45. The standard InChI is InChI=1S/C28H37N5O3S.H2S/c1-22(18-23-6-4-3-5-7-23)20-32-15-12-26(13-16-32)31-27-28(34)33(17-14-29-27)21-25-10-8-24(9-11-25)19-30-37(2,35)36;/h3-8,10,14,17-18,26,30H,9,11-13,15-16,19-21H2,1-2H3,(H,29,31);1H2/b22-18+;. The fourth-order valence-corrected chi connectivity index (χ4v) is 5.22. The predicted molar refractivity (Wildman–Crippen MR) is 160 cm³/mol. The van der Waals surface area contributed by atoms with Crippen molar-refractivity contribution in [2.45, 2.75) is 45.2 Å². The van der Waals surface area contributed by atoms with Crippen LogP contribution in [0, 0.1) is 0 Å². The number of allylic oxidation sites excluding steroid dienone is 3. The third-order valence-electron chi connectivity index (χ3n) is 6.78. The zero-order chi connectivity index (χ0) is 26.3. The van der Waals surface area contributed by atoms with Crippen molar-refractivity contribution in [2.75, 3.05) is 37.8 Å². The molecule has 0 bridgehead atoms. The van der Waals surface area contributed by atoms with Gasteiger partial charge in [-0.05, 0) is 38.2 Å². The summed E-state index contributed by atoms with van der Waals surface area (Å²) in [6, 6.07) is 10.6. The van der Waals surface area contributed by atoms with Crippen LogP contribution in [0.4, 0.5) is 5.82 Å². The average molecular weight is 558 g/mol. The molecule has 0 amide bonds. The number of anilines is 1. The van der Waals surface area contributed by atoms with Gasteiger partial charge in [0.15, 0.2) is 5.82 Å². The summed E-state index contributed by atoms with van der Waals surface area (Å²) in [7, 11) is -3.20. The molecule has 1 aliphatic carbocycles. The fraction of sp³-hybridized carbons (Fsp3) is 0.429. The average Bonchev–Trinajstić information content (AvgIpc) is 2.87. The van der Waals surface area contributed by atoms with Crippen LogP contribution in [0.2, 0.25) is 0 Å². The van der Waals surface area contributed by atoms with Gasteiger partial charge in [0.1, 0.15) is 0 Å². The van der Waals surface area contributed by atoms with Crippen LogP contribution in [0.1, 0.15) is 38.2 Å². The van der Waals surface area contributed by atoms with Gasteiger partial charge in [-0.25, -0.2) is 18.1 Å². The van der Waals surface area contributed by atoms with Gasteiger partial charge in [0.2, 0.25) is 10.0 Å². The zero-order valence-corrected chi connectivity index (χ0v) is 24.0. The fourth-order valence-electron chi connectivity index (χ4n) is 4.78. The second kappa shape index (κ2) is 13.9. The minimum Gasteiger partial charge on any atom is -0.363 e. The number of hydrogen-bond acceptors (Lipinski definition) is 6. The van der Waals surface area contributed by atoms with Crippen molar-refractivity contribution in [3.63, 3.8) is 0 Å². The molecule has 206 valence electrons. The van der Waals surface area contributed by atoms with Crippen molar-refractivity contribution in [1.82, 2.24) is 19.2 Å². The molecule has 2 aromatic rings. The van der Waals surface area contributed by atoms with E-state index >= 15 is 0 Å². The summed E-state index contributed by atoms with van der Waals surface area (Å²) in [6.45, 7) is 5.92. The van der Waals surface area contributed by atoms with E-state index in [-0.39, 0.29) is 25.1 Å². The number of nitrogens with one attached hydrogen (secondary N) is 2. The highest BCUT2D eigenvalue weighted by atomic mass is 32.2. The van der Waals surface area contributed by atoms with Gasteiger partial charge >= 0.3 is 0 Å². The summed E-state index contributed by atoms with van der Waals surface area (Å²) in [6.07, 6.45) is 14.3. The van der Waals surface area contributed by atoms with Gasteiger partial charge in [-0.1, -0.05) is 65.3 Å². The molecule has 0 unspecified atom stereocenters. The molecular weight excluding hydrogens is 518 g/mol. The van der Waals surface area contributed by atoms with Gasteiger partial charge < -0.3 is 9.88 Å². The van der Waals surface area contributed by atoms with Crippen molar-refractivity contribution in [2.24, 2.45) is 0 Å². The first-order valence-electron chi connectivity index (χ1n) is 12.8. The summed E-state index contributed by atoms with van der Waals surface area (Å²) in [4.78, 5) is 19.9. The molecule has 0 spiro atoms. The van der Waals surface area contributed by atoms with E-state index in [0.29, 0.717) is 18.9 Å². The number of aromatic nitrogens is 2. The Balaban J connectivity index is 0.00000400. The zero-order valence-electron chi connectivity index (χ0n) is 22.2. The first-order chi connectivity index (χ1) is 17.7. The van der Waals surface area contributed by atoms with Crippen molar-refractivity contribution in [3.8, 4) is 0 Å². The quantitative estimate of drug-likeness (QED) is 0.464. The molecule has 2 N–H and O–H groups in total. The molecule has 0 saturated carbocycles. The lowest BCUT2D eigenvalue weighted by molar-refractivity contribution is 0.236. The van der Waals surface area contributed by atoms with E-state index in [1.54, 1.807) is 17.0 Å². The van der Waals surface area contributed by atoms with Crippen LogP contribution in [0.5, 0.6) is 0 Å². The van der Waals surface area contributed by atoms with Crippen molar-refractivity contribution < 1.29 is 8.42 Å². The second-order valence-corrected chi connectivity index (χ2v) is 11.9. The molecule has 1 saturated heterocycles. The normalized spacial score (nSPS) is 17.4. The summed E-state index contributed by atoms with van der Waals surface area (Å²) >= 11 is 0. The Morgan fingerprint density at radius 3 is 2.45 bits per heavy atom. The number of piperidine rings is 1. The molecule has 1 fully saturated rings. The largest absolute Gasteiger partial charge is 0.363 e. The lowest BCUT2D eigenvalue weighted by Gasteiger charge is -2.32.